The summed E-state index contributed by atoms with van der Waals surface area (Å²) >= 11 is 0. The van der Waals surface area contributed by atoms with Gasteiger partial charge in [-0.2, -0.15) is 0 Å². The first-order valence-electron chi connectivity index (χ1n) is 8.13. The van der Waals surface area contributed by atoms with E-state index in [1.54, 1.807) is 0 Å². The van der Waals surface area contributed by atoms with Crippen LogP contribution in [0.15, 0.2) is 6.07 Å². The van der Waals surface area contributed by atoms with E-state index in [1.165, 1.54) is 44.9 Å². The Balaban J connectivity index is 1.76. The fraction of sp³-hybridized carbons (Fsp3) is 0.750. The molecule has 2 saturated carbocycles. The summed E-state index contributed by atoms with van der Waals surface area (Å²) in [4.78, 5) is 9.33. The smallest absolute Gasteiger partial charge is 0.136 e. The van der Waals surface area contributed by atoms with Gasteiger partial charge in [-0.3, -0.25) is 0 Å². The van der Waals surface area contributed by atoms with Crippen molar-refractivity contribution >= 4 is 11.6 Å². The van der Waals surface area contributed by atoms with Crippen LogP contribution in [0.2, 0.25) is 0 Å². The lowest BCUT2D eigenvalue weighted by atomic mass is 9.83. The van der Waals surface area contributed by atoms with Crippen LogP contribution in [-0.2, 0) is 0 Å². The molecule has 1 heterocycles. The molecule has 0 amide bonds. The number of aromatic nitrogens is 2. The highest BCUT2D eigenvalue weighted by Crippen LogP contribution is 2.39. The van der Waals surface area contributed by atoms with Crippen LogP contribution in [0.4, 0.5) is 11.6 Å². The van der Waals surface area contributed by atoms with Crippen molar-refractivity contribution in [3.05, 3.63) is 11.9 Å². The molecule has 2 aliphatic rings. The molecular formula is C16H26N4. The second-order valence-electron chi connectivity index (χ2n) is 6.22. The average molecular weight is 274 g/mol. The minimum atomic E-state index is 0.584. The summed E-state index contributed by atoms with van der Waals surface area (Å²) < 4.78 is 0. The van der Waals surface area contributed by atoms with Gasteiger partial charge in [0.25, 0.3) is 0 Å². The summed E-state index contributed by atoms with van der Waals surface area (Å²) in [5.41, 5.74) is 0. The highest BCUT2D eigenvalue weighted by molar-refractivity contribution is 5.48. The summed E-state index contributed by atoms with van der Waals surface area (Å²) in [5.74, 6) is 4.35. The van der Waals surface area contributed by atoms with E-state index >= 15 is 0 Å². The Labute approximate surface area is 121 Å². The number of rotatable bonds is 5. The van der Waals surface area contributed by atoms with Gasteiger partial charge < -0.3 is 10.6 Å². The summed E-state index contributed by atoms with van der Waals surface area (Å²) in [6.45, 7) is 2.30. The van der Waals surface area contributed by atoms with Crippen molar-refractivity contribution in [3.8, 4) is 0 Å². The second kappa shape index (κ2) is 5.98. The highest BCUT2D eigenvalue weighted by atomic mass is 15.1. The molecule has 0 bridgehead atoms. The lowest BCUT2D eigenvalue weighted by molar-refractivity contribution is 0.317. The van der Waals surface area contributed by atoms with E-state index in [4.69, 9.17) is 4.98 Å². The molecule has 1 aromatic rings. The highest BCUT2D eigenvalue weighted by Gasteiger charge is 2.28. The van der Waals surface area contributed by atoms with Crippen molar-refractivity contribution in [3.63, 3.8) is 0 Å². The minimum absolute atomic E-state index is 0.584. The summed E-state index contributed by atoms with van der Waals surface area (Å²) in [6.07, 6.45) is 9.10. The van der Waals surface area contributed by atoms with Crippen LogP contribution < -0.4 is 10.6 Å². The minimum Gasteiger partial charge on any atom is -0.373 e. The lowest BCUT2D eigenvalue weighted by Crippen LogP contribution is -2.32. The molecule has 2 N–H and O–H groups in total. The standard InChI is InChI=1S/C16H26N4/c1-3-11-6-4-5-7-13(11)18-15-10-14(17-2)19-16(20-15)12-8-9-12/h10-13H,3-9H2,1-2H3,(H2,17,18,19,20). The van der Waals surface area contributed by atoms with Crippen LogP contribution in [0.5, 0.6) is 0 Å². The SMILES string of the molecule is CCC1CCCCC1Nc1cc(NC)nc(C2CC2)n1. The van der Waals surface area contributed by atoms with Crippen LogP contribution >= 0.6 is 0 Å². The van der Waals surface area contributed by atoms with E-state index in [9.17, 15) is 0 Å². The zero-order chi connectivity index (χ0) is 13.9. The van der Waals surface area contributed by atoms with Gasteiger partial charge in [0.1, 0.15) is 17.5 Å². The third-order valence-electron chi connectivity index (χ3n) is 4.71. The molecule has 0 saturated heterocycles. The maximum Gasteiger partial charge on any atom is 0.136 e. The Morgan fingerprint density at radius 1 is 1.10 bits per heavy atom. The van der Waals surface area contributed by atoms with Crippen molar-refractivity contribution in [2.75, 3.05) is 17.7 Å². The Morgan fingerprint density at radius 2 is 1.85 bits per heavy atom. The molecule has 2 atom stereocenters. The van der Waals surface area contributed by atoms with E-state index in [1.807, 2.05) is 13.1 Å². The second-order valence-corrected chi connectivity index (χ2v) is 6.22. The molecule has 110 valence electrons. The van der Waals surface area contributed by atoms with Crippen molar-refractivity contribution in [2.24, 2.45) is 5.92 Å². The number of nitrogens with one attached hydrogen (secondary N) is 2. The van der Waals surface area contributed by atoms with Gasteiger partial charge in [-0.1, -0.05) is 26.2 Å². The normalized spacial score (nSPS) is 26.3. The molecule has 4 heteroatoms. The molecule has 20 heavy (non-hydrogen) atoms. The van der Waals surface area contributed by atoms with Crippen LogP contribution in [0.25, 0.3) is 0 Å². The number of nitrogens with zero attached hydrogens (tertiary/aromatic N) is 2. The summed E-state index contributed by atoms with van der Waals surface area (Å²) in [5, 5.41) is 6.85. The van der Waals surface area contributed by atoms with Gasteiger partial charge in [0, 0.05) is 25.1 Å². The molecule has 1 aromatic heterocycles. The quantitative estimate of drug-likeness (QED) is 0.858. The van der Waals surface area contributed by atoms with E-state index < -0.39 is 0 Å². The predicted octanol–water partition coefficient (Wildman–Crippen LogP) is 3.78. The van der Waals surface area contributed by atoms with Gasteiger partial charge in [-0.15, -0.1) is 0 Å². The monoisotopic (exact) mass is 274 g/mol. The van der Waals surface area contributed by atoms with E-state index in [-0.39, 0.29) is 0 Å². The molecule has 0 radical (unpaired) electrons. The third kappa shape index (κ3) is 3.05. The molecule has 0 spiro atoms. The largest absolute Gasteiger partial charge is 0.373 e. The molecular weight excluding hydrogens is 248 g/mol. The van der Waals surface area contributed by atoms with Crippen LogP contribution in [0.3, 0.4) is 0 Å². The zero-order valence-electron chi connectivity index (χ0n) is 12.7. The Bertz CT molecular complexity index is 456. The maximum absolute atomic E-state index is 4.74. The van der Waals surface area contributed by atoms with Gasteiger partial charge in [-0.05, 0) is 31.6 Å². The third-order valence-corrected chi connectivity index (χ3v) is 4.71. The van der Waals surface area contributed by atoms with Gasteiger partial charge in [0.2, 0.25) is 0 Å². The fourth-order valence-corrected chi connectivity index (χ4v) is 3.27. The van der Waals surface area contributed by atoms with Crippen molar-refractivity contribution < 1.29 is 0 Å². The van der Waals surface area contributed by atoms with Crippen molar-refractivity contribution in [1.82, 2.24) is 9.97 Å². The van der Waals surface area contributed by atoms with Crippen molar-refractivity contribution in [2.45, 2.75) is 63.8 Å². The molecule has 4 nitrogen and oxygen atoms in total. The lowest BCUT2D eigenvalue weighted by Gasteiger charge is -2.32. The fourth-order valence-electron chi connectivity index (χ4n) is 3.27. The van der Waals surface area contributed by atoms with Gasteiger partial charge >= 0.3 is 0 Å². The molecule has 0 aliphatic heterocycles. The Kier molecular flexibility index (Phi) is 4.08. The predicted molar refractivity (Wildman–Crippen MR) is 83.2 cm³/mol. The van der Waals surface area contributed by atoms with E-state index in [0.717, 1.165) is 23.4 Å². The number of hydrogen-bond donors (Lipinski definition) is 2. The van der Waals surface area contributed by atoms with Crippen molar-refractivity contribution in [1.29, 1.82) is 0 Å². The summed E-state index contributed by atoms with van der Waals surface area (Å²) in [6, 6.07) is 2.63. The zero-order valence-corrected chi connectivity index (χ0v) is 12.7. The van der Waals surface area contributed by atoms with Crippen LogP contribution in [0, 0.1) is 5.92 Å². The van der Waals surface area contributed by atoms with E-state index in [0.29, 0.717) is 12.0 Å². The van der Waals surface area contributed by atoms with E-state index in [2.05, 4.69) is 22.5 Å². The number of hydrogen-bond acceptors (Lipinski definition) is 4. The van der Waals surface area contributed by atoms with Crippen LogP contribution in [0.1, 0.15) is 63.6 Å². The van der Waals surface area contributed by atoms with Gasteiger partial charge in [0.05, 0.1) is 0 Å². The first-order valence-corrected chi connectivity index (χ1v) is 8.13. The first-order chi connectivity index (χ1) is 9.80. The Morgan fingerprint density at radius 3 is 2.55 bits per heavy atom. The molecule has 0 aromatic carbocycles. The van der Waals surface area contributed by atoms with Crippen LogP contribution in [-0.4, -0.2) is 23.1 Å². The van der Waals surface area contributed by atoms with Gasteiger partial charge in [0.15, 0.2) is 0 Å². The van der Waals surface area contributed by atoms with Gasteiger partial charge in [-0.25, -0.2) is 9.97 Å². The maximum atomic E-state index is 4.74. The number of anilines is 2. The topological polar surface area (TPSA) is 49.8 Å². The molecule has 3 rings (SSSR count). The Hall–Kier alpha value is -1.32. The molecule has 2 unspecified atom stereocenters. The molecule has 2 fully saturated rings. The average Bonchev–Trinajstić information content (AvgIpc) is 3.32. The summed E-state index contributed by atoms with van der Waals surface area (Å²) in [7, 11) is 1.93. The molecule has 2 aliphatic carbocycles. The first kappa shape index (κ1) is 13.7.